The summed E-state index contributed by atoms with van der Waals surface area (Å²) in [5.74, 6) is 1.01. The van der Waals surface area contributed by atoms with Gasteiger partial charge in [0.15, 0.2) is 0 Å². The van der Waals surface area contributed by atoms with Crippen LogP contribution in [0, 0.1) is 11.3 Å². The molecule has 0 bridgehead atoms. The van der Waals surface area contributed by atoms with E-state index in [1.54, 1.807) is 0 Å². The van der Waals surface area contributed by atoms with E-state index in [0.717, 1.165) is 12.5 Å². The summed E-state index contributed by atoms with van der Waals surface area (Å²) in [7, 11) is 4.28. The predicted molar refractivity (Wildman–Crippen MR) is 57.9 cm³/mol. The fourth-order valence-electron chi connectivity index (χ4n) is 2.07. The minimum Gasteiger partial charge on any atom is -0.319 e. The van der Waals surface area contributed by atoms with Crippen LogP contribution in [0.4, 0.5) is 0 Å². The van der Waals surface area contributed by atoms with Crippen molar-refractivity contribution in [1.82, 2.24) is 10.2 Å². The van der Waals surface area contributed by atoms with E-state index in [0.29, 0.717) is 5.41 Å². The SMILES string of the molecule is CNCC(C)(C)CN(C)CC1CC1. The Morgan fingerprint density at radius 3 is 2.46 bits per heavy atom. The summed E-state index contributed by atoms with van der Waals surface area (Å²) in [5.41, 5.74) is 0.401. The van der Waals surface area contributed by atoms with E-state index < -0.39 is 0 Å². The number of hydrogen-bond acceptors (Lipinski definition) is 2. The molecule has 13 heavy (non-hydrogen) atoms. The summed E-state index contributed by atoms with van der Waals surface area (Å²) in [6.07, 6.45) is 2.91. The molecule has 1 aliphatic carbocycles. The highest BCUT2D eigenvalue weighted by molar-refractivity contribution is 4.80. The lowest BCUT2D eigenvalue weighted by molar-refractivity contribution is 0.201. The maximum absolute atomic E-state index is 3.26. The first-order valence-corrected chi connectivity index (χ1v) is 5.37. The zero-order valence-corrected chi connectivity index (χ0v) is 9.56. The molecule has 0 aromatic heterocycles. The molecule has 2 nitrogen and oxygen atoms in total. The van der Waals surface area contributed by atoms with Crippen LogP contribution in [0.2, 0.25) is 0 Å². The minimum atomic E-state index is 0.401. The molecule has 0 aromatic carbocycles. The van der Waals surface area contributed by atoms with Gasteiger partial charge in [0.1, 0.15) is 0 Å². The van der Waals surface area contributed by atoms with Gasteiger partial charge in [-0.3, -0.25) is 0 Å². The third kappa shape index (κ3) is 4.63. The van der Waals surface area contributed by atoms with Gasteiger partial charge < -0.3 is 10.2 Å². The first kappa shape index (κ1) is 11.0. The van der Waals surface area contributed by atoms with Gasteiger partial charge in [-0.05, 0) is 38.3 Å². The monoisotopic (exact) mass is 184 g/mol. The summed E-state index contributed by atoms with van der Waals surface area (Å²) in [5, 5.41) is 3.26. The molecular weight excluding hydrogens is 160 g/mol. The van der Waals surface area contributed by atoms with Crippen molar-refractivity contribution >= 4 is 0 Å². The number of rotatable bonds is 6. The number of hydrogen-bond donors (Lipinski definition) is 1. The molecule has 0 radical (unpaired) electrons. The Kier molecular flexibility index (Phi) is 3.74. The van der Waals surface area contributed by atoms with Crippen LogP contribution in [0.5, 0.6) is 0 Å². The Hall–Kier alpha value is -0.0800. The van der Waals surface area contributed by atoms with Gasteiger partial charge in [0.2, 0.25) is 0 Å². The van der Waals surface area contributed by atoms with Gasteiger partial charge in [-0.1, -0.05) is 13.8 Å². The largest absolute Gasteiger partial charge is 0.319 e. The summed E-state index contributed by atoms with van der Waals surface area (Å²) in [4.78, 5) is 2.48. The third-order valence-corrected chi connectivity index (χ3v) is 2.62. The van der Waals surface area contributed by atoms with E-state index in [1.807, 2.05) is 7.05 Å². The van der Waals surface area contributed by atoms with Crippen molar-refractivity contribution in [3.8, 4) is 0 Å². The molecule has 1 fully saturated rings. The lowest BCUT2D eigenvalue weighted by Crippen LogP contribution is -2.38. The minimum absolute atomic E-state index is 0.401. The Balaban J connectivity index is 2.19. The van der Waals surface area contributed by atoms with Crippen LogP contribution in [0.1, 0.15) is 26.7 Å². The van der Waals surface area contributed by atoms with Gasteiger partial charge >= 0.3 is 0 Å². The van der Waals surface area contributed by atoms with Gasteiger partial charge in [-0.25, -0.2) is 0 Å². The van der Waals surface area contributed by atoms with Crippen molar-refractivity contribution in [3.63, 3.8) is 0 Å². The van der Waals surface area contributed by atoms with Gasteiger partial charge in [-0.15, -0.1) is 0 Å². The van der Waals surface area contributed by atoms with E-state index >= 15 is 0 Å². The first-order chi connectivity index (χ1) is 6.03. The molecule has 0 aromatic rings. The van der Waals surface area contributed by atoms with Gasteiger partial charge in [-0.2, -0.15) is 0 Å². The van der Waals surface area contributed by atoms with E-state index in [-0.39, 0.29) is 0 Å². The smallest absolute Gasteiger partial charge is 0.00419 e. The van der Waals surface area contributed by atoms with Crippen molar-refractivity contribution in [1.29, 1.82) is 0 Å². The van der Waals surface area contributed by atoms with Crippen LogP contribution in [-0.4, -0.2) is 38.6 Å². The van der Waals surface area contributed by atoms with Gasteiger partial charge in [0, 0.05) is 19.6 Å². The molecular formula is C11H24N2. The van der Waals surface area contributed by atoms with E-state index in [1.165, 1.54) is 25.9 Å². The Morgan fingerprint density at radius 1 is 1.38 bits per heavy atom. The fraction of sp³-hybridized carbons (Fsp3) is 1.00. The molecule has 2 heteroatoms. The van der Waals surface area contributed by atoms with Crippen LogP contribution in [0.3, 0.4) is 0 Å². The molecule has 78 valence electrons. The van der Waals surface area contributed by atoms with Crippen LogP contribution in [-0.2, 0) is 0 Å². The number of nitrogens with one attached hydrogen (secondary N) is 1. The fourth-order valence-corrected chi connectivity index (χ4v) is 2.07. The molecule has 0 heterocycles. The molecule has 1 aliphatic rings. The van der Waals surface area contributed by atoms with Crippen molar-refractivity contribution < 1.29 is 0 Å². The maximum atomic E-state index is 3.26. The topological polar surface area (TPSA) is 15.3 Å². The molecule has 0 amide bonds. The Morgan fingerprint density at radius 2 is 2.00 bits per heavy atom. The summed E-state index contributed by atoms with van der Waals surface area (Å²) >= 11 is 0. The van der Waals surface area contributed by atoms with E-state index in [4.69, 9.17) is 0 Å². The third-order valence-electron chi connectivity index (χ3n) is 2.62. The lowest BCUT2D eigenvalue weighted by atomic mass is 9.93. The van der Waals surface area contributed by atoms with Crippen LogP contribution in [0.25, 0.3) is 0 Å². The quantitative estimate of drug-likeness (QED) is 0.674. The molecule has 0 unspecified atom stereocenters. The molecule has 0 aliphatic heterocycles. The highest BCUT2D eigenvalue weighted by atomic mass is 15.1. The van der Waals surface area contributed by atoms with E-state index in [2.05, 4.69) is 31.1 Å². The van der Waals surface area contributed by atoms with Crippen LogP contribution < -0.4 is 5.32 Å². The Bertz CT molecular complexity index is 150. The number of nitrogens with zero attached hydrogens (tertiary/aromatic N) is 1. The normalized spacial score (nSPS) is 18.2. The zero-order valence-electron chi connectivity index (χ0n) is 9.56. The van der Waals surface area contributed by atoms with Crippen molar-refractivity contribution in [2.24, 2.45) is 11.3 Å². The van der Waals surface area contributed by atoms with Crippen LogP contribution in [0.15, 0.2) is 0 Å². The van der Waals surface area contributed by atoms with Gasteiger partial charge in [0.25, 0.3) is 0 Å². The molecule has 1 saturated carbocycles. The Labute approximate surface area is 82.7 Å². The highest BCUT2D eigenvalue weighted by Gasteiger charge is 2.25. The molecule has 1 rings (SSSR count). The summed E-state index contributed by atoms with van der Waals surface area (Å²) in [6.45, 7) is 8.25. The molecule has 0 atom stereocenters. The second-order valence-corrected chi connectivity index (χ2v) is 5.33. The predicted octanol–water partition coefficient (Wildman–Crippen LogP) is 1.57. The van der Waals surface area contributed by atoms with E-state index in [9.17, 15) is 0 Å². The second-order valence-electron chi connectivity index (χ2n) is 5.33. The zero-order chi connectivity index (χ0) is 9.90. The first-order valence-electron chi connectivity index (χ1n) is 5.37. The molecule has 0 saturated heterocycles. The van der Waals surface area contributed by atoms with Gasteiger partial charge in [0.05, 0.1) is 0 Å². The highest BCUT2D eigenvalue weighted by Crippen LogP contribution is 2.30. The average molecular weight is 184 g/mol. The molecule has 0 spiro atoms. The van der Waals surface area contributed by atoms with Crippen LogP contribution >= 0.6 is 0 Å². The maximum Gasteiger partial charge on any atom is 0.00419 e. The van der Waals surface area contributed by atoms with Crippen molar-refractivity contribution in [2.45, 2.75) is 26.7 Å². The average Bonchev–Trinajstić information content (AvgIpc) is 2.68. The summed E-state index contributed by atoms with van der Waals surface area (Å²) < 4.78 is 0. The standard InChI is InChI=1S/C11H24N2/c1-11(2,8-12-3)9-13(4)7-10-5-6-10/h10,12H,5-9H2,1-4H3. The van der Waals surface area contributed by atoms with Crippen molar-refractivity contribution in [3.05, 3.63) is 0 Å². The van der Waals surface area contributed by atoms with Crippen molar-refractivity contribution in [2.75, 3.05) is 33.7 Å². The lowest BCUT2D eigenvalue weighted by Gasteiger charge is -2.30. The molecule has 1 N–H and O–H groups in total. The second kappa shape index (κ2) is 4.43. The summed E-state index contributed by atoms with van der Waals surface area (Å²) in [6, 6.07) is 0.